The van der Waals surface area contributed by atoms with E-state index in [-0.39, 0.29) is 0 Å². The second-order valence-electron chi connectivity index (χ2n) is 5.00. The third-order valence-electron chi connectivity index (χ3n) is 3.54. The molecule has 0 radical (unpaired) electrons. The summed E-state index contributed by atoms with van der Waals surface area (Å²) in [6.45, 7) is 4.02. The third kappa shape index (κ3) is 1.97. The van der Waals surface area contributed by atoms with Crippen LogP contribution in [0.2, 0.25) is 0 Å². The molecule has 0 aromatic heterocycles. The average molecular weight is 248 g/mol. The largest absolute Gasteiger partial charge is 0.507 e. The highest BCUT2D eigenvalue weighted by molar-refractivity contribution is 6.01. The first-order valence-electron chi connectivity index (χ1n) is 6.45. The molecule has 19 heavy (non-hydrogen) atoms. The number of aromatic hydroxyl groups is 1. The fourth-order valence-corrected chi connectivity index (χ4v) is 2.52. The minimum absolute atomic E-state index is 0.384. The summed E-state index contributed by atoms with van der Waals surface area (Å²) in [6, 6.07) is 18.5. The fourth-order valence-electron chi connectivity index (χ4n) is 2.52. The molecule has 94 valence electrons. The summed E-state index contributed by atoms with van der Waals surface area (Å²) in [4.78, 5) is 0. The summed E-state index contributed by atoms with van der Waals surface area (Å²) in [5.74, 6) is 0.384. The smallest absolute Gasteiger partial charge is 0.126 e. The van der Waals surface area contributed by atoms with Gasteiger partial charge in [0, 0.05) is 5.39 Å². The van der Waals surface area contributed by atoms with Crippen molar-refractivity contribution in [2.75, 3.05) is 0 Å². The Morgan fingerprint density at radius 1 is 0.789 bits per heavy atom. The molecule has 0 aliphatic heterocycles. The molecule has 1 N–H and O–H groups in total. The Labute approximate surface area is 113 Å². The molecule has 0 amide bonds. The molecule has 3 rings (SSSR count). The lowest BCUT2D eigenvalue weighted by atomic mass is 9.94. The molecule has 1 heteroatoms. The van der Waals surface area contributed by atoms with Gasteiger partial charge in [-0.25, -0.2) is 0 Å². The lowest BCUT2D eigenvalue weighted by Crippen LogP contribution is -1.86. The molecule has 0 atom stereocenters. The van der Waals surface area contributed by atoms with Gasteiger partial charge in [-0.15, -0.1) is 0 Å². The molecule has 3 aromatic rings. The number of benzene rings is 3. The van der Waals surface area contributed by atoms with Gasteiger partial charge in [0.15, 0.2) is 0 Å². The van der Waals surface area contributed by atoms with Gasteiger partial charge in [-0.3, -0.25) is 0 Å². The van der Waals surface area contributed by atoms with Gasteiger partial charge in [0.05, 0.1) is 0 Å². The Bertz CT molecular complexity index is 742. The van der Waals surface area contributed by atoms with Crippen molar-refractivity contribution in [2.45, 2.75) is 13.8 Å². The Kier molecular flexibility index (Phi) is 2.75. The number of hydrogen-bond donors (Lipinski definition) is 1. The highest BCUT2D eigenvalue weighted by Gasteiger charge is 2.10. The fraction of sp³-hybridized carbons (Fsp3) is 0.111. The van der Waals surface area contributed by atoms with E-state index in [9.17, 15) is 5.11 Å². The second-order valence-corrected chi connectivity index (χ2v) is 5.00. The molecule has 0 aliphatic carbocycles. The Hall–Kier alpha value is -2.28. The van der Waals surface area contributed by atoms with Crippen molar-refractivity contribution in [2.24, 2.45) is 0 Å². The van der Waals surface area contributed by atoms with Gasteiger partial charge in [-0.05, 0) is 42.0 Å². The van der Waals surface area contributed by atoms with Crippen molar-refractivity contribution in [1.29, 1.82) is 0 Å². The summed E-state index contributed by atoms with van der Waals surface area (Å²) in [5.41, 5.74) is 4.47. The Balaban J connectivity index is 2.42. The minimum atomic E-state index is 0.384. The van der Waals surface area contributed by atoms with Crippen LogP contribution in [0.15, 0.2) is 54.6 Å². The van der Waals surface area contributed by atoms with Gasteiger partial charge in [-0.2, -0.15) is 0 Å². The maximum Gasteiger partial charge on any atom is 0.126 e. The zero-order valence-corrected chi connectivity index (χ0v) is 11.1. The van der Waals surface area contributed by atoms with E-state index < -0.39 is 0 Å². The van der Waals surface area contributed by atoms with Crippen LogP contribution in [0.5, 0.6) is 5.75 Å². The monoisotopic (exact) mass is 248 g/mol. The van der Waals surface area contributed by atoms with E-state index in [1.807, 2.05) is 37.3 Å². The van der Waals surface area contributed by atoms with Crippen LogP contribution in [0.1, 0.15) is 11.1 Å². The third-order valence-corrected chi connectivity index (χ3v) is 3.54. The topological polar surface area (TPSA) is 20.2 Å². The van der Waals surface area contributed by atoms with Gasteiger partial charge in [-0.1, -0.05) is 54.1 Å². The van der Waals surface area contributed by atoms with Crippen LogP contribution < -0.4 is 0 Å². The highest BCUT2D eigenvalue weighted by atomic mass is 16.3. The standard InChI is InChI=1S/C18H16O/c1-12-8-9-15-17(10-12)16(11-13(2)18(15)19)14-6-4-3-5-7-14/h3-11,19H,1-2H3. The number of rotatable bonds is 1. The first kappa shape index (κ1) is 11.8. The van der Waals surface area contributed by atoms with Crippen LogP contribution in [0, 0.1) is 13.8 Å². The number of phenols is 1. The maximum absolute atomic E-state index is 10.2. The van der Waals surface area contributed by atoms with Gasteiger partial charge in [0.25, 0.3) is 0 Å². The van der Waals surface area contributed by atoms with Crippen LogP contribution in [-0.4, -0.2) is 5.11 Å². The molecule has 0 fully saturated rings. The molecule has 3 aromatic carbocycles. The number of phenolic OH excluding ortho intramolecular Hbond substituents is 1. The summed E-state index contributed by atoms with van der Waals surface area (Å²) in [5, 5.41) is 12.2. The van der Waals surface area contributed by atoms with Gasteiger partial charge >= 0.3 is 0 Å². The van der Waals surface area contributed by atoms with Crippen molar-refractivity contribution < 1.29 is 5.11 Å². The van der Waals surface area contributed by atoms with Crippen LogP contribution in [0.3, 0.4) is 0 Å². The van der Waals surface area contributed by atoms with Crippen LogP contribution >= 0.6 is 0 Å². The van der Waals surface area contributed by atoms with Crippen LogP contribution in [0.25, 0.3) is 21.9 Å². The van der Waals surface area contributed by atoms with E-state index in [0.29, 0.717) is 5.75 Å². The van der Waals surface area contributed by atoms with Crippen LogP contribution in [-0.2, 0) is 0 Å². The highest BCUT2D eigenvalue weighted by Crippen LogP contribution is 2.36. The normalized spacial score (nSPS) is 10.8. The van der Waals surface area contributed by atoms with Crippen molar-refractivity contribution in [3.05, 3.63) is 65.7 Å². The molecule has 0 saturated heterocycles. The van der Waals surface area contributed by atoms with Crippen molar-refractivity contribution in [1.82, 2.24) is 0 Å². The molecular weight excluding hydrogens is 232 g/mol. The van der Waals surface area contributed by atoms with E-state index in [2.05, 4.69) is 31.2 Å². The predicted octanol–water partition coefficient (Wildman–Crippen LogP) is 4.83. The summed E-state index contributed by atoms with van der Waals surface area (Å²) in [7, 11) is 0. The number of hydrogen-bond acceptors (Lipinski definition) is 1. The number of fused-ring (bicyclic) bond motifs is 1. The SMILES string of the molecule is Cc1ccc2c(O)c(C)cc(-c3ccccc3)c2c1. The van der Waals surface area contributed by atoms with Gasteiger partial charge in [0.1, 0.15) is 5.75 Å². The second kappa shape index (κ2) is 4.43. The van der Waals surface area contributed by atoms with Crippen LogP contribution in [0.4, 0.5) is 0 Å². The maximum atomic E-state index is 10.2. The van der Waals surface area contributed by atoms with E-state index in [0.717, 1.165) is 16.3 Å². The van der Waals surface area contributed by atoms with E-state index in [4.69, 9.17) is 0 Å². The molecule has 0 bridgehead atoms. The Morgan fingerprint density at radius 2 is 1.53 bits per heavy atom. The lowest BCUT2D eigenvalue weighted by molar-refractivity contribution is 0.477. The average Bonchev–Trinajstić information content (AvgIpc) is 2.43. The lowest BCUT2D eigenvalue weighted by Gasteiger charge is -2.12. The quantitative estimate of drug-likeness (QED) is 0.654. The van der Waals surface area contributed by atoms with E-state index in [1.165, 1.54) is 16.7 Å². The first-order chi connectivity index (χ1) is 9.16. The van der Waals surface area contributed by atoms with Crippen molar-refractivity contribution in [3.63, 3.8) is 0 Å². The zero-order chi connectivity index (χ0) is 13.4. The first-order valence-corrected chi connectivity index (χ1v) is 6.45. The molecule has 0 aliphatic rings. The number of aryl methyl sites for hydroxylation is 2. The summed E-state index contributed by atoms with van der Waals surface area (Å²) >= 11 is 0. The van der Waals surface area contributed by atoms with Gasteiger partial charge < -0.3 is 5.11 Å². The molecular formula is C18H16O. The molecule has 0 heterocycles. The van der Waals surface area contributed by atoms with Gasteiger partial charge in [0.2, 0.25) is 0 Å². The molecule has 0 spiro atoms. The zero-order valence-electron chi connectivity index (χ0n) is 11.1. The molecule has 1 nitrogen and oxygen atoms in total. The molecule has 0 saturated carbocycles. The minimum Gasteiger partial charge on any atom is -0.507 e. The van der Waals surface area contributed by atoms with E-state index >= 15 is 0 Å². The predicted molar refractivity (Wildman–Crippen MR) is 80.5 cm³/mol. The Morgan fingerprint density at radius 3 is 2.26 bits per heavy atom. The summed E-state index contributed by atoms with van der Waals surface area (Å²) in [6.07, 6.45) is 0. The van der Waals surface area contributed by atoms with Crippen molar-refractivity contribution in [3.8, 4) is 16.9 Å². The van der Waals surface area contributed by atoms with Crippen molar-refractivity contribution >= 4 is 10.8 Å². The molecule has 0 unspecified atom stereocenters. The van der Waals surface area contributed by atoms with E-state index in [1.54, 1.807) is 0 Å². The summed E-state index contributed by atoms with van der Waals surface area (Å²) < 4.78 is 0.